The van der Waals surface area contributed by atoms with Gasteiger partial charge in [0, 0.05) is 34.1 Å². The van der Waals surface area contributed by atoms with Gasteiger partial charge in [-0.05, 0) is 164 Å². The number of hydrogen-bond acceptors (Lipinski definition) is 2. The molecule has 2 fully saturated rings. The highest BCUT2D eigenvalue weighted by Crippen LogP contribution is 2.58. The van der Waals surface area contributed by atoms with E-state index in [0.29, 0.717) is 67.6 Å². The number of rotatable bonds is 3. The fourth-order valence-electron chi connectivity index (χ4n) is 8.92. The summed E-state index contributed by atoms with van der Waals surface area (Å²) < 4.78 is 118. The van der Waals surface area contributed by atoms with E-state index < -0.39 is 28.4 Å². The zero-order chi connectivity index (χ0) is 50.3. The lowest BCUT2D eigenvalue weighted by Gasteiger charge is -2.45. The Morgan fingerprint density at radius 2 is 1.04 bits per heavy atom. The highest BCUT2D eigenvalue weighted by Gasteiger charge is 2.48. The Kier molecular flexibility index (Phi) is 5.73. The van der Waals surface area contributed by atoms with Crippen LogP contribution in [-0.4, -0.2) is 6.71 Å². The van der Waals surface area contributed by atoms with Gasteiger partial charge in [-0.2, -0.15) is 0 Å². The maximum absolute atomic E-state index is 10.3. The molecule has 9 rings (SSSR count). The Morgan fingerprint density at radius 3 is 1.59 bits per heavy atom. The standard InChI is InChI=1S/C53H63BN2/c1-32-22-47-49-48(23-32)56(42-29-39(52(8,9)10)28-40(30-42)53(11,12)13)46-27-33(34-24-35-26-36(35)25-34)14-20-43(46)54(49)44-31-38(51(5,6)7)17-21-45(44)55(47)41-18-15-37(16-19-41)50(2,3)4/h14-23,27-31,34-36H,24-26H2,1-13H3/i14D,15D,16D,17D,18D,19D,20D,21D,28D,29D,30D,31D. The molecule has 0 radical (unpaired) electrons. The number of fused-ring (bicyclic) bond motifs is 5. The lowest BCUT2D eigenvalue weighted by Crippen LogP contribution is -2.61. The summed E-state index contributed by atoms with van der Waals surface area (Å²) in [6.07, 6.45) is 2.95. The van der Waals surface area contributed by atoms with Crippen LogP contribution in [0.2, 0.25) is 0 Å². The fourth-order valence-corrected chi connectivity index (χ4v) is 8.92. The second-order valence-corrected chi connectivity index (χ2v) is 21.1. The van der Waals surface area contributed by atoms with Crippen LogP contribution in [0.5, 0.6) is 0 Å². The summed E-state index contributed by atoms with van der Waals surface area (Å²) in [5, 5.41) is 0. The molecule has 288 valence electrons. The van der Waals surface area contributed by atoms with Gasteiger partial charge in [-0.3, -0.25) is 0 Å². The van der Waals surface area contributed by atoms with Crippen LogP contribution >= 0.6 is 0 Å². The van der Waals surface area contributed by atoms with Gasteiger partial charge in [-0.15, -0.1) is 0 Å². The van der Waals surface area contributed by atoms with Crippen molar-refractivity contribution in [2.45, 2.75) is 137 Å². The van der Waals surface area contributed by atoms with Crippen LogP contribution in [0, 0.1) is 18.8 Å². The van der Waals surface area contributed by atoms with Crippen LogP contribution in [0.1, 0.15) is 158 Å². The molecule has 2 nitrogen and oxygen atoms in total. The molecule has 2 atom stereocenters. The van der Waals surface area contributed by atoms with E-state index in [2.05, 4.69) is 0 Å². The van der Waals surface area contributed by atoms with Gasteiger partial charge in [0.2, 0.25) is 0 Å². The minimum Gasteiger partial charge on any atom is -0.311 e. The highest BCUT2D eigenvalue weighted by atomic mass is 15.2. The monoisotopic (exact) mass is 751 g/mol. The fraction of sp³-hybridized carbons (Fsp3) is 0.434. The maximum atomic E-state index is 10.3. The Labute approximate surface area is 355 Å². The van der Waals surface area contributed by atoms with Crippen molar-refractivity contribution >= 4 is 57.2 Å². The molecule has 0 bridgehead atoms. The lowest BCUT2D eigenvalue weighted by atomic mass is 9.33. The van der Waals surface area contributed by atoms with E-state index >= 15 is 0 Å². The number of aryl methyl sites for hydroxylation is 1. The van der Waals surface area contributed by atoms with Gasteiger partial charge < -0.3 is 9.80 Å². The Bertz CT molecular complexity index is 2980. The van der Waals surface area contributed by atoms with Crippen LogP contribution in [-0.2, 0) is 21.7 Å². The zero-order valence-electron chi connectivity index (χ0n) is 47.6. The summed E-state index contributed by atoms with van der Waals surface area (Å²) in [4.78, 5) is 3.40. The van der Waals surface area contributed by atoms with Gasteiger partial charge in [0.25, 0.3) is 6.71 Å². The van der Waals surface area contributed by atoms with E-state index in [0.717, 1.165) is 19.3 Å². The van der Waals surface area contributed by atoms with Crippen molar-refractivity contribution in [3.63, 3.8) is 0 Å². The van der Waals surface area contributed by atoms with Gasteiger partial charge in [-0.25, -0.2) is 0 Å². The number of nitrogens with zero attached hydrogens (tertiary/aromatic N) is 2. The second-order valence-electron chi connectivity index (χ2n) is 21.1. The Hall–Kier alpha value is -4.24. The normalized spacial score (nSPS) is 23.1. The molecule has 0 aromatic heterocycles. The molecule has 2 saturated carbocycles. The first kappa shape index (κ1) is 25.9. The van der Waals surface area contributed by atoms with E-state index in [4.69, 9.17) is 0 Å². The summed E-state index contributed by atoms with van der Waals surface area (Å²) in [6.45, 7) is 23.8. The molecule has 5 aromatic carbocycles. The first-order valence-corrected chi connectivity index (χ1v) is 20.5. The average molecular weight is 751 g/mol. The minimum absolute atomic E-state index is 0.0146. The molecule has 2 aliphatic carbocycles. The maximum Gasteiger partial charge on any atom is 0.252 e. The first-order chi connectivity index (χ1) is 31.2. The minimum atomic E-state index is -1.01. The Balaban J connectivity index is 1.53. The summed E-state index contributed by atoms with van der Waals surface area (Å²) >= 11 is 0. The molecule has 0 spiro atoms. The molecule has 2 unspecified atom stereocenters. The summed E-state index contributed by atoms with van der Waals surface area (Å²) in [5.41, 5.74) is 2.35. The smallest absolute Gasteiger partial charge is 0.252 e. The van der Waals surface area contributed by atoms with Gasteiger partial charge >= 0.3 is 0 Å². The molecule has 0 saturated heterocycles. The van der Waals surface area contributed by atoms with E-state index in [1.54, 1.807) is 0 Å². The van der Waals surface area contributed by atoms with E-state index in [1.807, 2.05) is 113 Å². The van der Waals surface area contributed by atoms with Crippen molar-refractivity contribution < 1.29 is 16.4 Å². The van der Waals surface area contributed by atoms with Crippen LogP contribution in [0.4, 0.5) is 34.1 Å². The first-order valence-electron chi connectivity index (χ1n) is 26.5. The summed E-state index contributed by atoms with van der Waals surface area (Å²) in [6, 6.07) is 4.11. The summed E-state index contributed by atoms with van der Waals surface area (Å²) in [7, 11) is 0. The molecule has 2 heterocycles. The average Bonchev–Trinajstić information content (AvgIpc) is 3.80. The predicted molar refractivity (Wildman–Crippen MR) is 244 cm³/mol. The van der Waals surface area contributed by atoms with Crippen LogP contribution in [0.25, 0.3) is 0 Å². The van der Waals surface area contributed by atoms with Gasteiger partial charge in [0.1, 0.15) is 0 Å². The van der Waals surface area contributed by atoms with Crippen molar-refractivity contribution in [2.24, 2.45) is 11.8 Å². The molecule has 2 aliphatic heterocycles. The SMILES string of the molecule is [2H]c1c(C2CC3CC3C2)cc2c(c1[2H])B1c3c(cc(C)cc3N(c3c([2H])c([2H])c(C(C)(C)C)c([2H])c3[2H])c3c([2H])c([2H])c(C(C)(C)C)c([2H])c31)N2c1c([2H])c(C(C)(C)C)c([2H])c(C(C)(C)C)c1[2H]. The third-order valence-electron chi connectivity index (χ3n) is 12.3. The highest BCUT2D eigenvalue weighted by molar-refractivity contribution is 7.00. The van der Waals surface area contributed by atoms with E-state index in [9.17, 15) is 16.4 Å². The number of hydrogen-bond donors (Lipinski definition) is 0. The molecular weight excluding hydrogens is 675 g/mol. The third kappa shape index (κ3) is 6.24. The third-order valence-corrected chi connectivity index (χ3v) is 12.3. The van der Waals surface area contributed by atoms with Crippen LogP contribution < -0.4 is 26.2 Å². The predicted octanol–water partition coefficient (Wildman–Crippen LogP) is 12.8. The van der Waals surface area contributed by atoms with Crippen molar-refractivity contribution in [2.75, 3.05) is 9.80 Å². The second kappa shape index (κ2) is 12.4. The van der Waals surface area contributed by atoms with Crippen molar-refractivity contribution in [3.05, 3.63) is 124 Å². The van der Waals surface area contributed by atoms with Gasteiger partial charge in [0.05, 0.1) is 16.4 Å². The van der Waals surface area contributed by atoms with Crippen LogP contribution in [0.15, 0.2) is 90.7 Å². The summed E-state index contributed by atoms with van der Waals surface area (Å²) in [5.74, 6) is 1.16. The molecule has 56 heavy (non-hydrogen) atoms. The van der Waals surface area contributed by atoms with Crippen LogP contribution in [0.3, 0.4) is 0 Å². The quantitative estimate of drug-likeness (QED) is 0.166. The topological polar surface area (TPSA) is 6.48 Å². The van der Waals surface area contributed by atoms with Crippen molar-refractivity contribution in [1.29, 1.82) is 0 Å². The Morgan fingerprint density at radius 1 is 0.500 bits per heavy atom. The largest absolute Gasteiger partial charge is 0.311 e. The number of benzene rings is 5. The van der Waals surface area contributed by atoms with E-state index in [-0.39, 0.29) is 107 Å². The van der Waals surface area contributed by atoms with Gasteiger partial charge in [-0.1, -0.05) is 125 Å². The molecule has 0 N–H and O–H groups in total. The molecule has 0 amide bonds. The van der Waals surface area contributed by atoms with E-state index in [1.165, 1.54) is 4.90 Å². The van der Waals surface area contributed by atoms with Crippen molar-refractivity contribution in [3.8, 4) is 0 Å². The molecule has 5 aromatic rings. The lowest BCUT2D eigenvalue weighted by molar-refractivity contribution is 0.568. The zero-order valence-corrected chi connectivity index (χ0v) is 35.6. The molecule has 4 aliphatic rings. The number of anilines is 6. The molecular formula is C53H63BN2. The van der Waals surface area contributed by atoms with Crippen molar-refractivity contribution in [1.82, 2.24) is 0 Å². The van der Waals surface area contributed by atoms with Gasteiger partial charge in [0.15, 0.2) is 0 Å². The molecule has 3 heteroatoms.